The molecule has 0 heterocycles. The Balaban J connectivity index is 1.15. The van der Waals surface area contributed by atoms with Crippen LogP contribution in [-0.4, -0.2) is 0 Å². The van der Waals surface area contributed by atoms with Crippen molar-refractivity contribution in [2.24, 2.45) is 64.6 Å². The first-order chi connectivity index (χ1) is 25.4. The zero-order valence-corrected chi connectivity index (χ0v) is 30.5. The van der Waals surface area contributed by atoms with E-state index in [9.17, 15) is 0 Å². The van der Waals surface area contributed by atoms with Crippen LogP contribution >= 0.6 is 0 Å². The van der Waals surface area contributed by atoms with E-state index < -0.39 is 0 Å². The third-order valence-electron chi connectivity index (χ3n) is 13.3. The first-order valence-electron chi connectivity index (χ1n) is 19.6. The summed E-state index contributed by atoms with van der Waals surface area (Å²) in [6, 6.07) is 19.0. The van der Waals surface area contributed by atoms with Crippen molar-refractivity contribution < 1.29 is 0 Å². The molecule has 8 aliphatic carbocycles. The summed E-state index contributed by atoms with van der Waals surface area (Å²) in [5.74, 6) is 4.18. The Bertz CT molecular complexity index is 2320. The van der Waals surface area contributed by atoms with Crippen molar-refractivity contribution >= 4 is 16.7 Å². The maximum absolute atomic E-state index is 2.64. The summed E-state index contributed by atoms with van der Waals surface area (Å²) in [4.78, 5) is 0. The fourth-order valence-corrected chi connectivity index (χ4v) is 10.8. The monoisotopic (exact) mass is 672 g/mol. The molecule has 256 valence electrons. The smallest absolute Gasteiger partial charge is 0.0140 e. The van der Waals surface area contributed by atoms with Gasteiger partial charge in [-0.25, -0.2) is 0 Å². The quantitative estimate of drug-likeness (QED) is 0.304. The summed E-state index contributed by atoms with van der Waals surface area (Å²) < 4.78 is 0. The first-order valence-corrected chi connectivity index (χ1v) is 19.6. The molecular formula is C52H48. The van der Waals surface area contributed by atoms with Gasteiger partial charge in [0, 0.05) is 35.5 Å². The number of hydrogen-bond acceptors (Lipinski definition) is 0. The van der Waals surface area contributed by atoms with Gasteiger partial charge in [-0.05, 0) is 78.5 Å². The van der Waals surface area contributed by atoms with Gasteiger partial charge in [0.25, 0.3) is 0 Å². The fraction of sp³-hybridized carbons (Fsp3) is 0.269. The summed E-state index contributed by atoms with van der Waals surface area (Å²) in [5.41, 5.74) is 10.2. The summed E-state index contributed by atoms with van der Waals surface area (Å²) >= 11 is 0. The standard InChI is InChI=1S/C52H48/c1-52(2,3)37-28-29-46-49(32-37)50(34-26-24-33(25-27-34)47-30-35-14-4-6-16-38(35)40-18-8-10-20-42(40)47)44-22-12-13-23-45(44)51(46)48-31-36-15-5-7-17-39(36)41-19-9-11-21-43(41)48/h4-32,35-36,38-43,46,49H,1-3H3. The largest absolute Gasteiger partial charge is 0.0799 e. The van der Waals surface area contributed by atoms with Crippen LogP contribution in [0.2, 0.25) is 0 Å². The van der Waals surface area contributed by atoms with E-state index in [0.29, 0.717) is 47.3 Å². The van der Waals surface area contributed by atoms with E-state index in [-0.39, 0.29) is 17.3 Å². The van der Waals surface area contributed by atoms with Crippen LogP contribution in [0.5, 0.6) is 0 Å². The minimum atomic E-state index is 0.0681. The minimum Gasteiger partial charge on any atom is -0.0799 e. The van der Waals surface area contributed by atoms with Crippen LogP contribution in [0.25, 0.3) is 16.7 Å². The van der Waals surface area contributed by atoms with Crippen molar-refractivity contribution in [1.29, 1.82) is 0 Å². The average molecular weight is 673 g/mol. The molecule has 2 aromatic rings. The van der Waals surface area contributed by atoms with Crippen LogP contribution < -0.4 is 10.4 Å². The van der Waals surface area contributed by atoms with Crippen molar-refractivity contribution in [3.8, 4) is 0 Å². The highest BCUT2D eigenvalue weighted by atomic mass is 14.5. The van der Waals surface area contributed by atoms with Gasteiger partial charge >= 0.3 is 0 Å². The Kier molecular flexibility index (Phi) is 7.54. The lowest BCUT2D eigenvalue weighted by Crippen LogP contribution is -2.43. The fourth-order valence-electron chi connectivity index (χ4n) is 10.8. The molecule has 0 nitrogen and oxygen atoms in total. The number of fused-ring (bicyclic) bond motifs is 8. The van der Waals surface area contributed by atoms with E-state index in [1.807, 2.05) is 0 Å². The van der Waals surface area contributed by atoms with Gasteiger partial charge in [0.05, 0.1) is 0 Å². The second-order valence-corrected chi connectivity index (χ2v) is 17.1. The Labute approximate surface area is 309 Å². The van der Waals surface area contributed by atoms with Crippen molar-refractivity contribution in [1.82, 2.24) is 0 Å². The van der Waals surface area contributed by atoms with Crippen molar-refractivity contribution in [2.45, 2.75) is 20.8 Å². The van der Waals surface area contributed by atoms with Gasteiger partial charge < -0.3 is 0 Å². The minimum absolute atomic E-state index is 0.0681. The summed E-state index contributed by atoms with van der Waals surface area (Å²) in [7, 11) is 0. The molecule has 0 aliphatic heterocycles. The predicted molar refractivity (Wildman–Crippen MR) is 219 cm³/mol. The molecule has 0 saturated carbocycles. The maximum atomic E-state index is 2.64. The molecule has 10 rings (SSSR count). The lowest BCUT2D eigenvalue weighted by atomic mass is 9.59. The Morgan fingerprint density at radius 2 is 0.904 bits per heavy atom. The highest BCUT2D eigenvalue weighted by Gasteiger charge is 2.43. The van der Waals surface area contributed by atoms with Gasteiger partial charge in [-0.3, -0.25) is 0 Å². The van der Waals surface area contributed by atoms with E-state index in [4.69, 9.17) is 0 Å². The molecule has 2 aromatic carbocycles. The van der Waals surface area contributed by atoms with Crippen LogP contribution in [-0.2, 0) is 0 Å². The SMILES string of the molecule is CC(C)(C)C1=CC2C(c3ccc(C4=CC5C=CC=CC5C5C=CC=CC45)cc3)=c3ccccc3=C(C3=CC4C=CC=CC4C4C=CC=CC34)C2C=C1. The summed E-state index contributed by atoms with van der Waals surface area (Å²) in [6.45, 7) is 7.08. The molecule has 0 saturated heterocycles. The van der Waals surface area contributed by atoms with Crippen molar-refractivity contribution in [3.05, 3.63) is 209 Å². The number of hydrogen-bond donors (Lipinski definition) is 0. The van der Waals surface area contributed by atoms with Gasteiger partial charge in [-0.15, -0.1) is 0 Å². The lowest BCUT2D eigenvalue weighted by Gasteiger charge is -2.44. The topological polar surface area (TPSA) is 0 Å². The molecule has 52 heavy (non-hydrogen) atoms. The van der Waals surface area contributed by atoms with Crippen LogP contribution in [0.4, 0.5) is 0 Å². The predicted octanol–water partition coefficient (Wildman–Crippen LogP) is 10.6. The van der Waals surface area contributed by atoms with E-state index in [0.717, 1.165) is 0 Å². The van der Waals surface area contributed by atoms with Crippen LogP contribution in [0.1, 0.15) is 31.9 Å². The molecule has 0 bridgehead atoms. The number of rotatable bonds is 3. The highest BCUT2D eigenvalue weighted by molar-refractivity contribution is 5.83. The third-order valence-corrected chi connectivity index (χ3v) is 13.3. The third kappa shape index (κ3) is 5.09. The average Bonchev–Trinajstić information content (AvgIpc) is 3.19. The first kappa shape index (κ1) is 31.8. The highest BCUT2D eigenvalue weighted by Crippen LogP contribution is 2.52. The molecule has 0 N–H and O–H groups in total. The maximum Gasteiger partial charge on any atom is 0.0140 e. The Morgan fingerprint density at radius 1 is 0.404 bits per heavy atom. The summed E-state index contributed by atoms with van der Waals surface area (Å²) in [6.07, 6.45) is 50.4. The van der Waals surface area contributed by atoms with Gasteiger partial charge in [-0.2, -0.15) is 0 Å². The second-order valence-electron chi connectivity index (χ2n) is 17.1. The Morgan fingerprint density at radius 3 is 1.52 bits per heavy atom. The number of allylic oxidation sites excluding steroid dienone is 24. The van der Waals surface area contributed by atoms with Gasteiger partial charge in [0.1, 0.15) is 0 Å². The normalized spacial score (nSPS) is 34.4. The van der Waals surface area contributed by atoms with E-state index in [1.165, 1.54) is 49.4 Å². The molecule has 0 radical (unpaired) electrons. The molecule has 0 heteroatoms. The van der Waals surface area contributed by atoms with Gasteiger partial charge in [-0.1, -0.05) is 197 Å². The molecule has 10 atom stereocenters. The number of benzene rings is 2. The van der Waals surface area contributed by atoms with Crippen LogP contribution in [0, 0.1) is 64.6 Å². The van der Waals surface area contributed by atoms with E-state index in [2.05, 4.69) is 197 Å². The van der Waals surface area contributed by atoms with Gasteiger partial charge in [0.15, 0.2) is 0 Å². The molecule has 0 aromatic heterocycles. The van der Waals surface area contributed by atoms with Crippen molar-refractivity contribution in [3.63, 3.8) is 0 Å². The Hall–Kier alpha value is -4.94. The molecule has 0 spiro atoms. The van der Waals surface area contributed by atoms with Gasteiger partial charge in [0.2, 0.25) is 0 Å². The van der Waals surface area contributed by atoms with Crippen molar-refractivity contribution in [2.75, 3.05) is 0 Å². The van der Waals surface area contributed by atoms with E-state index in [1.54, 1.807) is 0 Å². The summed E-state index contributed by atoms with van der Waals surface area (Å²) in [5, 5.41) is 2.79. The zero-order chi connectivity index (χ0) is 35.0. The lowest BCUT2D eigenvalue weighted by molar-refractivity contribution is 0.337. The molecule has 10 unspecified atom stereocenters. The van der Waals surface area contributed by atoms with Crippen LogP contribution in [0.15, 0.2) is 187 Å². The molecular weight excluding hydrogens is 625 g/mol. The van der Waals surface area contributed by atoms with E-state index >= 15 is 0 Å². The molecule has 0 fully saturated rings. The molecule has 0 amide bonds. The zero-order valence-electron chi connectivity index (χ0n) is 30.5. The second kappa shape index (κ2) is 12.3. The van der Waals surface area contributed by atoms with Crippen LogP contribution in [0.3, 0.4) is 0 Å². The molecule has 8 aliphatic rings.